The molecule has 0 fully saturated rings. The average Bonchev–Trinajstić information content (AvgIpc) is 2.75. The maximum absolute atomic E-state index is 10.4. The van der Waals surface area contributed by atoms with Crippen LogP contribution < -0.4 is 0 Å². The van der Waals surface area contributed by atoms with Gasteiger partial charge in [0, 0.05) is 6.42 Å². The quantitative estimate of drug-likeness (QED) is 0.848. The highest BCUT2D eigenvalue weighted by Crippen LogP contribution is 2.09. The van der Waals surface area contributed by atoms with Crippen molar-refractivity contribution >= 4 is 5.97 Å². The molecule has 0 aliphatic heterocycles. The van der Waals surface area contributed by atoms with Gasteiger partial charge in [-0.25, -0.2) is 0 Å². The van der Waals surface area contributed by atoms with Gasteiger partial charge in [0.1, 0.15) is 0 Å². The van der Waals surface area contributed by atoms with E-state index in [2.05, 4.69) is 10.2 Å². The van der Waals surface area contributed by atoms with E-state index in [1.54, 1.807) is 0 Å². The van der Waals surface area contributed by atoms with E-state index in [1.165, 1.54) is 0 Å². The lowest BCUT2D eigenvalue weighted by atomic mass is 10.2. The SMILES string of the molecule is O=C(O)CCc1nnc(Cc2ccccc2)o1. The molecule has 0 unspecified atom stereocenters. The summed E-state index contributed by atoms with van der Waals surface area (Å²) in [4.78, 5) is 10.4. The molecule has 2 rings (SSSR count). The van der Waals surface area contributed by atoms with Crippen molar-refractivity contribution in [2.75, 3.05) is 0 Å². The predicted molar refractivity (Wildman–Crippen MR) is 59.5 cm³/mol. The van der Waals surface area contributed by atoms with Crippen molar-refractivity contribution < 1.29 is 14.3 Å². The van der Waals surface area contributed by atoms with Gasteiger partial charge in [-0.1, -0.05) is 30.3 Å². The number of carboxylic acids is 1. The Balaban J connectivity index is 1.97. The van der Waals surface area contributed by atoms with Crippen LogP contribution in [0.5, 0.6) is 0 Å². The zero-order chi connectivity index (χ0) is 12.1. The number of carbonyl (C=O) groups is 1. The smallest absolute Gasteiger partial charge is 0.303 e. The first-order valence-corrected chi connectivity index (χ1v) is 5.31. The molecule has 1 heterocycles. The molecular formula is C12H12N2O3. The van der Waals surface area contributed by atoms with Crippen LogP contribution in [0.2, 0.25) is 0 Å². The molecule has 2 aromatic rings. The molecule has 1 N–H and O–H groups in total. The lowest BCUT2D eigenvalue weighted by Gasteiger charge is -1.94. The molecule has 0 saturated heterocycles. The summed E-state index contributed by atoms with van der Waals surface area (Å²) in [5, 5.41) is 16.2. The van der Waals surface area contributed by atoms with Gasteiger partial charge in [0.05, 0.1) is 12.8 Å². The molecule has 17 heavy (non-hydrogen) atoms. The number of aromatic nitrogens is 2. The second-order valence-corrected chi connectivity index (χ2v) is 3.65. The Hall–Kier alpha value is -2.17. The van der Waals surface area contributed by atoms with E-state index >= 15 is 0 Å². The Labute approximate surface area is 98.1 Å². The Bertz CT molecular complexity index is 493. The number of rotatable bonds is 5. The molecule has 88 valence electrons. The molecular weight excluding hydrogens is 220 g/mol. The highest BCUT2D eigenvalue weighted by Gasteiger charge is 2.08. The minimum atomic E-state index is -0.868. The van der Waals surface area contributed by atoms with E-state index in [9.17, 15) is 4.79 Å². The molecule has 5 heteroatoms. The maximum Gasteiger partial charge on any atom is 0.303 e. The summed E-state index contributed by atoms with van der Waals surface area (Å²) in [6.07, 6.45) is 0.852. The highest BCUT2D eigenvalue weighted by atomic mass is 16.4. The molecule has 0 saturated carbocycles. The van der Waals surface area contributed by atoms with Gasteiger partial charge in [0.25, 0.3) is 0 Å². The van der Waals surface area contributed by atoms with Crippen molar-refractivity contribution in [3.8, 4) is 0 Å². The maximum atomic E-state index is 10.4. The zero-order valence-corrected chi connectivity index (χ0v) is 9.17. The Morgan fingerprint density at radius 3 is 2.59 bits per heavy atom. The minimum Gasteiger partial charge on any atom is -0.481 e. The van der Waals surface area contributed by atoms with Crippen LogP contribution in [-0.4, -0.2) is 21.3 Å². The molecule has 0 radical (unpaired) electrons. The number of hydrogen-bond donors (Lipinski definition) is 1. The fourth-order valence-electron chi connectivity index (χ4n) is 1.45. The normalized spacial score (nSPS) is 10.4. The van der Waals surface area contributed by atoms with E-state index in [1.807, 2.05) is 30.3 Å². The van der Waals surface area contributed by atoms with E-state index < -0.39 is 5.97 Å². The second kappa shape index (κ2) is 5.25. The van der Waals surface area contributed by atoms with Crippen LogP contribution in [0.1, 0.15) is 23.8 Å². The lowest BCUT2D eigenvalue weighted by Crippen LogP contribution is -1.97. The Morgan fingerprint density at radius 1 is 1.18 bits per heavy atom. The van der Waals surface area contributed by atoms with E-state index in [-0.39, 0.29) is 12.8 Å². The van der Waals surface area contributed by atoms with Gasteiger partial charge in [-0.3, -0.25) is 4.79 Å². The summed E-state index contributed by atoms with van der Waals surface area (Å²) in [5.41, 5.74) is 1.08. The van der Waals surface area contributed by atoms with Crippen molar-refractivity contribution in [3.63, 3.8) is 0 Å². The fraction of sp³-hybridized carbons (Fsp3) is 0.250. The second-order valence-electron chi connectivity index (χ2n) is 3.65. The van der Waals surface area contributed by atoms with Gasteiger partial charge in [-0.2, -0.15) is 0 Å². The van der Waals surface area contributed by atoms with Crippen LogP contribution in [0.4, 0.5) is 0 Å². The van der Waals surface area contributed by atoms with Crippen LogP contribution in [0.25, 0.3) is 0 Å². The first-order valence-electron chi connectivity index (χ1n) is 5.31. The van der Waals surface area contributed by atoms with Gasteiger partial charge in [-0.15, -0.1) is 10.2 Å². The lowest BCUT2D eigenvalue weighted by molar-refractivity contribution is -0.137. The standard InChI is InChI=1S/C12H12N2O3/c15-12(16)7-6-10-13-14-11(17-10)8-9-4-2-1-3-5-9/h1-5H,6-8H2,(H,15,16). The van der Waals surface area contributed by atoms with Gasteiger partial charge in [0.2, 0.25) is 11.8 Å². The Kier molecular flexibility index (Phi) is 3.49. The summed E-state index contributed by atoms with van der Waals surface area (Å²) in [6, 6.07) is 9.77. The largest absolute Gasteiger partial charge is 0.481 e. The van der Waals surface area contributed by atoms with E-state index in [4.69, 9.17) is 9.52 Å². The summed E-state index contributed by atoms with van der Waals surface area (Å²) in [5.74, 6) is 0.0164. The third kappa shape index (κ3) is 3.41. The first-order chi connectivity index (χ1) is 8.24. The number of aryl methyl sites for hydroxylation is 1. The van der Waals surface area contributed by atoms with Crippen LogP contribution in [-0.2, 0) is 17.6 Å². The van der Waals surface area contributed by atoms with Crippen molar-refractivity contribution in [1.29, 1.82) is 0 Å². The molecule has 1 aromatic heterocycles. The zero-order valence-electron chi connectivity index (χ0n) is 9.17. The van der Waals surface area contributed by atoms with E-state index in [0.717, 1.165) is 5.56 Å². The summed E-state index contributed by atoms with van der Waals surface area (Å²) >= 11 is 0. The Morgan fingerprint density at radius 2 is 1.88 bits per heavy atom. The van der Waals surface area contributed by atoms with Crippen molar-refractivity contribution in [2.45, 2.75) is 19.3 Å². The molecule has 5 nitrogen and oxygen atoms in total. The first kappa shape index (κ1) is 11.3. The third-order valence-corrected chi connectivity index (χ3v) is 2.26. The van der Waals surface area contributed by atoms with Crippen molar-refractivity contribution in [2.24, 2.45) is 0 Å². The summed E-state index contributed by atoms with van der Waals surface area (Å²) < 4.78 is 5.35. The monoisotopic (exact) mass is 232 g/mol. The number of aliphatic carboxylic acids is 1. The third-order valence-electron chi connectivity index (χ3n) is 2.26. The average molecular weight is 232 g/mol. The van der Waals surface area contributed by atoms with Gasteiger partial charge in [0.15, 0.2) is 0 Å². The highest BCUT2D eigenvalue weighted by molar-refractivity contribution is 5.66. The molecule has 0 amide bonds. The van der Waals surface area contributed by atoms with Crippen LogP contribution >= 0.6 is 0 Å². The van der Waals surface area contributed by atoms with Crippen LogP contribution in [0, 0.1) is 0 Å². The van der Waals surface area contributed by atoms with Crippen molar-refractivity contribution in [1.82, 2.24) is 10.2 Å². The van der Waals surface area contributed by atoms with E-state index in [0.29, 0.717) is 18.2 Å². The van der Waals surface area contributed by atoms with Crippen LogP contribution in [0.3, 0.4) is 0 Å². The molecule has 0 spiro atoms. The number of nitrogens with zero attached hydrogens (tertiary/aromatic N) is 2. The predicted octanol–water partition coefficient (Wildman–Crippen LogP) is 1.68. The van der Waals surface area contributed by atoms with Gasteiger partial charge in [-0.05, 0) is 5.56 Å². The fourth-order valence-corrected chi connectivity index (χ4v) is 1.45. The molecule has 1 aromatic carbocycles. The summed E-state index contributed by atoms with van der Waals surface area (Å²) in [6.45, 7) is 0. The summed E-state index contributed by atoms with van der Waals surface area (Å²) in [7, 11) is 0. The van der Waals surface area contributed by atoms with Gasteiger partial charge >= 0.3 is 5.97 Å². The number of hydrogen-bond acceptors (Lipinski definition) is 4. The molecule has 0 aliphatic rings. The number of carboxylic acid groups (broad SMARTS) is 1. The van der Waals surface area contributed by atoms with Crippen molar-refractivity contribution in [3.05, 3.63) is 47.7 Å². The van der Waals surface area contributed by atoms with Gasteiger partial charge < -0.3 is 9.52 Å². The number of benzene rings is 1. The minimum absolute atomic E-state index is 0.00691. The molecule has 0 aliphatic carbocycles. The molecule has 0 bridgehead atoms. The topological polar surface area (TPSA) is 76.2 Å². The van der Waals surface area contributed by atoms with Crippen LogP contribution in [0.15, 0.2) is 34.7 Å². The molecule has 0 atom stereocenters.